The van der Waals surface area contributed by atoms with Crippen molar-refractivity contribution in [2.75, 3.05) is 11.1 Å². The van der Waals surface area contributed by atoms with Crippen LogP contribution in [0.5, 0.6) is 0 Å². The fourth-order valence-electron chi connectivity index (χ4n) is 1.92. The van der Waals surface area contributed by atoms with E-state index < -0.39 is 18.0 Å². The largest absolute Gasteiger partial charge is 0.452 e. The molecular formula is C18H14Cl2N2O3S. The lowest BCUT2D eigenvalue weighted by atomic mass is 10.2. The summed E-state index contributed by atoms with van der Waals surface area (Å²) in [6.45, 7) is 1.47. The summed E-state index contributed by atoms with van der Waals surface area (Å²) in [5.74, 6) is -1.06. The van der Waals surface area contributed by atoms with E-state index in [1.807, 2.05) is 6.07 Å². The predicted octanol–water partition coefficient (Wildman–Crippen LogP) is 4.53. The molecule has 0 spiro atoms. The molecule has 26 heavy (non-hydrogen) atoms. The smallest absolute Gasteiger partial charge is 0.317 e. The van der Waals surface area contributed by atoms with Crippen LogP contribution in [0.25, 0.3) is 0 Å². The van der Waals surface area contributed by atoms with E-state index in [0.29, 0.717) is 26.2 Å². The quantitative estimate of drug-likeness (QED) is 0.560. The Balaban J connectivity index is 1.86. The van der Waals surface area contributed by atoms with Crippen LogP contribution < -0.4 is 5.32 Å². The molecule has 0 aliphatic rings. The molecule has 0 radical (unpaired) electrons. The van der Waals surface area contributed by atoms with E-state index in [1.165, 1.54) is 24.8 Å². The van der Waals surface area contributed by atoms with Gasteiger partial charge in [-0.15, -0.1) is 11.8 Å². The average Bonchev–Trinajstić information content (AvgIpc) is 2.62. The van der Waals surface area contributed by atoms with E-state index in [-0.39, 0.29) is 5.75 Å². The molecule has 2 aromatic rings. The number of carbonyl (C=O) groups is 2. The molecule has 8 heteroatoms. The van der Waals surface area contributed by atoms with Crippen molar-refractivity contribution in [2.45, 2.75) is 17.9 Å². The topological polar surface area (TPSA) is 79.2 Å². The highest BCUT2D eigenvalue weighted by atomic mass is 35.5. The number of amides is 1. The zero-order chi connectivity index (χ0) is 19.1. The van der Waals surface area contributed by atoms with Gasteiger partial charge in [0.2, 0.25) is 0 Å². The van der Waals surface area contributed by atoms with E-state index in [0.717, 1.165) is 0 Å². The van der Waals surface area contributed by atoms with Crippen LogP contribution in [0.4, 0.5) is 5.69 Å². The zero-order valence-corrected chi connectivity index (χ0v) is 16.0. The van der Waals surface area contributed by atoms with E-state index in [1.54, 1.807) is 36.4 Å². The third-order valence-electron chi connectivity index (χ3n) is 3.18. The Morgan fingerprint density at radius 3 is 2.77 bits per heavy atom. The second-order valence-electron chi connectivity index (χ2n) is 5.18. The van der Waals surface area contributed by atoms with Crippen molar-refractivity contribution >= 4 is 52.5 Å². The number of anilines is 1. The van der Waals surface area contributed by atoms with Gasteiger partial charge in [-0.25, -0.2) is 0 Å². The van der Waals surface area contributed by atoms with Gasteiger partial charge >= 0.3 is 5.97 Å². The summed E-state index contributed by atoms with van der Waals surface area (Å²) in [6, 6.07) is 13.4. The van der Waals surface area contributed by atoms with Crippen LogP contribution in [0, 0.1) is 11.3 Å². The number of hydrogen-bond donors (Lipinski definition) is 1. The minimum atomic E-state index is -0.983. The van der Waals surface area contributed by atoms with Crippen LogP contribution in [0.1, 0.15) is 12.5 Å². The van der Waals surface area contributed by atoms with E-state index in [9.17, 15) is 9.59 Å². The SMILES string of the molecule is C[C@@H](OC(=O)CSc1cc(Cl)ccc1Cl)C(=O)Nc1cccc(C#N)c1. The summed E-state index contributed by atoms with van der Waals surface area (Å²) >= 11 is 13.1. The molecule has 0 unspecified atom stereocenters. The van der Waals surface area contributed by atoms with Gasteiger partial charge in [0.05, 0.1) is 22.4 Å². The Hall–Kier alpha value is -2.20. The minimum absolute atomic E-state index is 0.0123. The molecule has 1 atom stereocenters. The number of rotatable bonds is 6. The lowest BCUT2D eigenvalue weighted by Crippen LogP contribution is -2.30. The van der Waals surface area contributed by atoms with Crippen molar-refractivity contribution in [3.05, 3.63) is 58.1 Å². The third-order valence-corrected chi connectivity index (χ3v) is 4.88. The van der Waals surface area contributed by atoms with Gasteiger partial charge in [-0.3, -0.25) is 9.59 Å². The summed E-state index contributed by atoms with van der Waals surface area (Å²) in [4.78, 5) is 24.7. The summed E-state index contributed by atoms with van der Waals surface area (Å²) in [6.07, 6.45) is -0.983. The number of halogens is 2. The lowest BCUT2D eigenvalue weighted by molar-refractivity contribution is -0.150. The molecule has 2 rings (SSSR count). The van der Waals surface area contributed by atoms with Gasteiger partial charge in [0.1, 0.15) is 0 Å². The van der Waals surface area contributed by atoms with E-state index in [4.69, 9.17) is 33.2 Å². The molecule has 2 aromatic carbocycles. The van der Waals surface area contributed by atoms with Gasteiger partial charge in [-0.2, -0.15) is 5.26 Å². The van der Waals surface area contributed by atoms with Crippen LogP contribution in [-0.2, 0) is 14.3 Å². The summed E-state index contributed by atoms with van der Waals surface area (Å²) < 4.78 is 5.12. The number of benzene rings is 2. The van der Waals surface area contributed by atoms with Crippen LogP contribution >= 0.6 is 35.0 Å². The molecule has 0 aliphatic carbocycles. The normalized spacial score (nSPS) is 11.3. The molecule has 0 fully saturated rings. The number of esters is 1. The molecule has 1 N–H and O–H groups in total. The molecule has 134 valence electrons. The molecule has 1 amide bonds. The zero-order valence-electron chi connectivity index (χ0n) is 13.7. The van der Waals surface area contributed by atoms with Crippen LogP contribution in [0.2, 0.25) is 10.0 Å². The Kier molecular flexibility index (Phi) is 7.34. The van der Waals surface area contributed by atoms with Gasteiger partial charge in [0, 0.05) is 15.6 Å². The fraction of sp³-hybridized carbons (Fsp3) is 0.167. The Morgan fingerprint density at radius 1 is 1.27 bits per heavy atom. The van der Waals surface area contributed by atoms with Crippen molar-refractivity contribution in [1.82, 2.24) is 0 Å². The van der Waals surface area contributed by atoms with E-state index in [2.05, 4.69) is 5.32 Å². The van der Waals surface area contributed by atoms with Crippen molar-refractivity contribution in [2.24, 2.45) is 0 Å². The fourth-order valence-corrected chi connectivity index (χ4v) is 3.20. The molecule has 0 saturated heterocycles. The molecule has 0 heterocycles. The number of ether oxygens (including phenoxy) is 1. The van der Waals surface area contributed by atoms with Crippen LogP contribution in [-0.4, -0.2) is 23.7 Å². The molecule has 0 bridgehead atoms. The molecular weight excluding hydrogens is 395 g/mol. The van der Waals surface area contributed by atoms with Crippen LogP contribution in [0.15, 0.2) is 47.4 Å². The summed E-state index contributed by atoms with van der Waals surface area (Å²) in [5, 5.41) is 12.5. The van der Waals surface area contributed by atoms with Crippen molar-refractivity contribution < 1.29 is 14.3 Å². The minimum Gasteiger partial charge on any atom is -0.452 e. The van der Waals surface area contributed by atoms with Crippen molar-refractivity contribution in [3.63, 3.8) is 0 Å². The Morgan fingerprint density at radius 2 is 2.04 bits per heavy atom. The van der Waals surface area contributed by atoms with Gasteiger partial charge in [0.25, 0.3) is 5.91 Å². The maximum Gasteiger partial charge on any atom is 0.317 e. The van der Waals surface area contributed by atoms with Gasteiger partial charge in [-0.1, -0.05) is 29.3 Å². The first kappa shape index (κ1) is 20.1. The monoisotopic (exact) mass is 408 g/mol. The van der Waals surface area contributed by atoms with Crippen molar-refractivity contribution in [3.8, 4) is 6.07 Å². The average molecular weight is 409 g/mol. The van der Waals surface area contributed by atoms with Crippen molar-refractivity contribution in [1.29, 1.82) is 5.26 Å². The molecule has 5 nitrogen and oxygen atoms in total. The second-order valence-corrected chi connectivity index (χ2v) is 7.04. The van der Waals surface area contributed by atoms with Gasteiger partial charge in [-0.05, 0) is 43.3 Å². The first-order valence-electron chi connectivity index (χ1n) is 7.47. The number of nitriles is 1. The number of nitrogens with one attached hydrogen (secondary N) is 1. The highest BCUT2D eigenvalue weighted by molar-refractivity contribution is 8.00. The first-order valence-corrected chi connectivity index (χ1v) is 9.21. The van der Waals surface area contributed by atoms with Crippen LogP contribution in [0.3, 0.4) is 0 Å². The predicted molar refractivity (Wildman–Crippen MR) is 103 cm³/mol. The van der Waals surface area contributed by atoms with E-state index >= 15 is 0 Å². The first-order chi connectivity index (χ1) is 12.4. The maximum absolute atomic E-state index is 12.1. The Labute approximate surface area is 165 Å². The Bertz CT molecular complexity index is 868. The molecule has 0 aliphatic heterocycles. The highest BCUT2D eigenvalue weighted by Gasteiger charge is 2.18. The lowest BCUT2D eigenvalue weighted by Gasteiger charge is -2.13. The number of hydrogen-bond acceptors (Lipinski definition) is 5. The maximum atomic E-state index is 12.1. The summed E-state index contributed by atoms with van der Waals surface area (Å²) in [7, 11) is 0. The summed E-state index contributed by atoms with van der Waals surface area (Å²) in [5.41, 5.74) is 0.874. The second kappa shape index (κ2) is 9.48. The third kappa shape index (κ3) is 5.95. The number of thioether (sulfide) groups is 1. The highest BCUT2D eigenvalue weighted by Crippen LogP contribution is 2.29. The number of nitrogens with zero attached hydrogens (tertiary/aromatic N) is 1. The van der Waals surface area contributed by atoms with Gasteiger partial charge in [0.15, 0.2) is 6.10 Å². The standard InChI is InChI=1S/C18H14Cl2N2O3S/c1-11(18(24)22-14-4-2-3-12(7-14)9-21)25-17(23)10-26-16-8-13(19)5-6-15(16)20/h2-8,11H,10H2,1H3,(H,22,24)/t11-/m1/s1. The molecule has 0 aromatic heterocycles. The molecule has 0 saturated carbocycles. The number of carbonyl (C=O) groups excluding carboxylic acids is 2. The van der Waals surface area contributed by atoms with Gasteiger partial charge < -0.3 is 10.1 Å².